The molecule has 2 nitrogen and oxygen atoms in total. The fourth-order valence-corrected chi connectivity index (χ4v) is 2.26. The van der Waals surface area contributed by atoms with Gasteiger partial charge in [-0.1, -0.05) is 42.1 Å². The van der Waals surface area contributed by atoms with Crippen molar-refractivity contribution >= 4 is 29.0 Å². The maximum Gasteiger partial charge on any atom is 0.137 e. The Bertz CT molecular complexity index is 393. The molecule has 18 heavy (non-hydrogen) atoms. The molecule has 100 valence electrons. The monoisotopic (exact) mass is 287 g/mol. The van der Waals surface area contributed by atoms with Crippen LogP contribution in [0.5, 0.6) is 0 Å². The fourth-order valence-electron chi connectivity index (χ4n) is 1.79. The second-order valence-corrected chi connectivity index (χ2v) is 5.25. The predicted octanol–water partition coefficient (Wildman–Crippen LogP) is 4.01. The minimum Gasteiger partial charge on any atom is -0.330 e. The first kappa shape index (κ1) is 15.5. The van der Waals surface area contributed by atoms with Crippen LogP contribution in [0.4, 0.5) is 0 Å². The van der Waals surface area contributed by atoms with Gasteiger partial charge in [-0.2, -0.15) is 0 Å². The van der Waals surface area contributed by atoms with Gasteiger partial charge in [-0.25, -0.2) is 0 Å². The van der Waals surface area contributed by atoms with Gasteiger partial charge in [0.15, 0.2) is 0 Å². The lowest BCUT2D eigenvalue weighted by Gasteiger charge is -2.04. The van der Waals surface area contributed by atoms with Crippen molar-refractivity contribution in [2.75, 3.05) is 6.54 Å². The van der Waals surface area contributed by atoms with E-state index in [-0.39, 0.29) is 5.78 Å². The quantitative estimate of drug-likeness (QED) is 0.734. The van der Waals surface area contributed by atoms with E-state index in [9.17, 15) is 4.79 Å². The summed E-state index contributed by atoms with van der Waals surface area (Å²) in [7, 11) is 0. The zero-order valence-corrected chi connectivity index (χ0v) is 11.9. The Morgan fingerprint density at radius 2 is 1.83 bits per heavy atom. The Morgan fingerprint density at radius 1 is 1.11 bits per heavy atom. The van der Waals surface area contributed by atoms with Crippen molar-refractivity contribution in [2.24, 2.45) is 5.73 Å². The fraction of sp³-hybridized carbons (Fsp3) is 0.500. The number of halogens is 2. The molecule has 0 saturated carbocycles. The van der Waals surface area contributed by atoms with Gasteiger partial charge in [-0.15, -0.1) is 0 Å². The Hall–Kier alpha value is -0.570. The summed E-state index contributed by atoms with van der Waals surface area (Å²) in [5.41, 5.74) is 6.26. The van der Waals surface area contributed by atoms with E-state index in [0.717, 1.165) is 37.8 Å². The minimum atomic E-state index is 0.229. The van der Waals surface area contributed by atoms with Crippen LogP contribution in [-0.4, -0.2) is 12.3 Å². The number of Topliss-reactive ketones (excluding diaryl/α,β-unsaturated/α-hetero) is 1. The number of hydrogen-bond acceptors (Lipinski definition) is 2. The molecule has 0 heterocycles. The predicted molar refractivity (Wildman–Crippen MR) is 77.3 cm³/mol. The van der Waals surface area contributed by atoms with Crippen LogP contribution in [-0.2, 0) is 11.2 Å². The molecule has 2 N–H and O–H groups in total. The van der Waals surface area contributed by atoms with Crippen LogP contribution in [0.3, 0.4) is 0 Å². The highest BCUT2D eigenvalue weighted by atomic mass is 35.5. The SMILES string of the molecule is NCCCCCCC(=O)Cc1ccc(Cl)cc1Cl. The molecular formula is C14H19Cl2NO. The number of hydrogen-bond donors (Lipinski definition) is 1. The van der Waals surface area contributed by atoms with Gasteiger partial charge in [0.2, 0.25) is 0 Å². The minimum absolute atomic E-state index is 0.229. The Morgan fingerprint density at radius 3 is 2.50 bits per heavy atom. The third-order valence-electron chi connectivity index (χ3n) is 2.81. The van der Waals surface area contributed by atoms with Gasteiger partial charge < -0.3 is 5.73 Å². The smallest absolute Gasteiger partial charge is 0.137 e. The number of nitrogens with two attached hydrogens (primary N) is 1. The third kappa shape index (κ3) is 5.85. The maximum absolute atomic E-state index is 11.8. The van der Waals surface area contributed by atoms with Crippen molar-refractivity contribution in [1.82, 2.24) is 0 Å². The van der Waals surface area contributed by atoms with E-state index in [1.165, 1.54) is 0 Å². The van der Waals surface area contributed by atoms with Crippen LogP contribution in [0.2, 0.25) is 10.0 Å². The highest BCUT2D eigenvalue weighted by Crippen LogP contribution is 2.22. The molecule has 0 unspecified atom stereocenters. The van der Waals surface area contributed by atoms with Crippen molar-refractivity contribution in [1.29, 1.82) is 0 Å². The summed E-state index contributed by atoms with van der Waals surface area (Å²) in [6, 6.07) is 5.25. The van der Waals surface area contributed by atoms with Crippen LogP contribution >= 0.6 is 23.2 Å². The summed E-state index contributed by atoms with van der Waals surface area (Å²) >= 11 is 11.8. The molecule has 1 aromatic rings. The second kappa shape index (κ2) is 8.52. The number of carbonyl (C=O) groups is 1. The van der Waals surface area contributed by atoms with Gasteiger partial charge in [0.05, 0.1) is 0 Å². The van der Waals surface area contributed by atoms with Gasteiger partial charge in [-0.05, 0) is 37.1 Å². The first-order valence-corrected chi connectivity index (χ1v) is 7.04. The van der Waals surface area contributed by atoms with Crippen molar-refractivity contribution in [3.05, 3.63) is 33.8 Å². The van der Waals surface area contributed by atoms with Crippen molar-refractivity contribution in [2.45, 2.75) is 38.5 Å². The average molecular weight is 288 g/mol. The molecule has 0 fully saturated rings. The Kier molecular flexibility index (Phi) is 7.33. The van der Waals surface area contributed by atoms with Crippen LogP contribution in [0.15, 0.2) is 18.2 Å². The van der Waals surface area contributed by atoms with Gasteiger partial charge in [0, 0.05) is 22.9 Å². The Balaban J connectivity index is 2.31. The molecule has 0 aromatic heterocycles. The van der Waals surface area contributed by atoms with Crippen molar-refractivity contribution < 1.29 is 4.79 Å². The summed E-state index contributed by atoms with van der Waals surface area (Å²) in [6.45, 7) is 0.730. The summed E-state index contributed by atoms with van der Waals surface area (Å²) in [5, 5.41) is 1.16. The second-order valence-electron chi connectivity index (χ2n) is 4.40. The lowest BCUT2D eigenvalue weighted by Crippen LogP contribution is -2.03. The summed E-state index contributed by atoms with van der Waals surface area (Å²) < 4.78 is 0. The summed E-state index contributed by atoms with van der Waals surface area (Å²) in [6.07, 6.45) is 5.15. The van der Waals surface area contributed by atoms with Crippen molar-refractivity contribution in [3.63, 3.8) is 0 Å². The number of rotatable bonds is 8. The molecule has 0 aliphatic rings. The zero-order chi connectivity index (χ0) is 13.4. The topological polar surface area (TPSA) is 43.1 Å². The number of ketones is 1. The van der Waals surface area contributed by atoms with E-state index >= 15 is 0 Å². The highest BCUT2D eigenvalue weighted by molar-refractivity contribution is 6.35. The molecule has 1 aromatic carbocycles. The van der Waals surface area contributed by atoms with E-state index in [0.29, 0.717) is 22.9 Å². The average Bonchev–Trinajstić information content (AvgIpc) is 2.32. The molecule has 0 aliphatic carbocycles. The van der Waals surface area contributed by atoms with E-state index in [1.54, 1.807) is 12.1 Å². The van der Waals surface area contributed by atoms with Gasteiger partial charge in [0.1, 0.15) is 5.78 Å². The highest BCUT2D eigenvalue weighted by Gasteiger charge is 2.07. The van der Waals surface area contributed by atoms with E-state index in [4.69, 9.17) is 28.9 Å². The number of unbranched alkanes of at least 4 members (excludes halogenated alkanes) is 3. The van der Waals surface area contributed by atoms with Gasteiger partial charge in [-0.3, -0.25) is 4.79 Å². The molecule has 0 bridgehead atoms. The van der Waals surface area contributed by atoms with E-state index in [1.807, 2.05) is 6.07 Å². The first-order valence-electron chi connectivity index (χ1n) is 6.29. The normalized spacial score (nSPS) is 10.6. The van der Waals surface area contributed by atoms with Crippen molar-refractivity contribution in [3.8, 4) is 0 Å². The maximum atomic E-state index is 11.8. The molecule has 4 heteroatoms. The van der Waals surface area contributed by atoms with E-state index < -0.39 is 0 Å². The number of benzene rings is 1. The molecule has 0 amide bonds. The Labute approximate surface area is 118 Å². The molecular weight excluding hydrogens is 269 g/mol. The molecule has 1 rings (SSSR count). The van der Waals surface area contributed by atoms with E-state index in [2.05, 4.69) is 0 Å². The van der Waals surface area contributed by atoms with Crippen LogP contribution in [0, 0.1) is 0 Å². The zero-order valence-electron chi connectivity index (χ0n) is 10.4. The first-order chi connectivity index (χ1) is 8.63. The molecule has 0 atom stereocenters. The van der Waals surface area contributed by atoms with Crippen LogP contribution in [0.25, 0.3) is 0 Å². The summed E-state index contributed by atoms with van der Waals surface area (Å²) in [5.74, 6) is 0.229. The van der Waals surface area contributed by atoms with Crippen LogP contribution in [0.1, 0.15) is 37.7 Å². The van der Waals surface area contributed by atoms with Crippen LogP contribution < -0.4 is 5.73 Å². The van der Waals surface area contributed by atoms with Gasteiger partial charge >= 0.3 is 0 Å². The lowest BCUT2D eigenvalue weighted by molar-refractivity contribution is -0.118. The number of carbonyl (C=O) groups excluding carboxylic acids is 1. The summed E-state index contributed by atoms with van der Waals surface area (Å²) in [4.78, 5) is 11.8. The molecule has 0 spiro atoms. The lowest BCUT2D eigenvalue weighted by atomic mass is 10.0. The van der Waals surface area contributed by atoms with Gasteiger partial charge in [0.25, 0.3) is 0 Å². The molecule has 0 saturated heterocycles. The standard InChI is InChI=1S/C14H19Cl2NO/c15-12-7-6-11(14(16)10-12)9-13(18)5-3-1-2-4-8-17/h6-7,10H,1-5,8-9,17H2. The third-order valence-corrected chi connectivity index (χ3v) is 3.40. The largest absolute Gasteiger partial charge is 0.330 e. The molecule has 0 radical (unpaired) electrons. The molecule has 0 aliphatic heterocycles.